The van der Waals surface area contributed by atoms with Gasteiger partial charge in [-0.2, -0.15) is 0 Å². The Balaban J connectivity index is 2.84. The lowest BCUT2D eigenvalue weighted by Gasteiger charge is -2.61. The second kappa shape index (κ2) is 7.62. The molecule has 0 saturated heterocycles. The van der Waals surface area contributed by atoms with Crippen molar-refractivity contribution in [2.24, 2.45) is 10.8 Å². The zero-order chi connectivity index (χ0) is 18.7. The summed E-state index contributed by atoms with van der Waals surface area (Å²) in [7, 11) is 0. The van der Waals surface area contributed by atoms with Gasteiger partial charge in [-0.25, -0.2) is 9.59 Å². The molecule has 0 aliphatic heterocycles. The number of hydrogen-bond acceptors (Lipinski definition) is 4. The Morgan fingerprint density at radius 1 is 0.708 bits per heavy atom. The summed E-state index contributed by atoms with van der Waals surface area (Å²) in [5.74, 6) is 0. The monoisotopic (exact) mass is 342 g/mol. The molecule has 0 aromatic rings. The highest BCUT2D eigenvalue weighted by molar-refractivity contribution is 5.69. The second-order valence-corrected chi connectivity index (χ2v) is 7.51. The first-order valence-electron chi connectivity index (χ1n) is 8.98. The van der Waals surface area contributed by atoms with Crippen LogP contribution in [0.2, 0.25) is 0 Å². The highest BCUT2D eigenvalue weighted by Crippen LogP contribution is 2.57. The van der Waals surface area contributed by atoms with E-state index in [1.165, 1.54) is 0 Å². The van der Waals surface area contributed by atoms with Gasteiger partial charge in [0.1, 0.15) is 12.2 Å². The molecule has 0 heterocycles. The molecule has 0 N–H and O–H groups in total. The predicted molar refractivity (Wildman–Crippen MR) is 93.9 cm³/mol. The Morgan fingerprint density at radius 2 is 0.958 bits per heavy atom. The predicted octanol–water partition coefficient (Wildman–Crippen LogP) is 3.75. The van der Waals surface area contributed by atoms with Gasteiger partial charge in [-0.05, 0) is 27.7 Å². The van der Waals surface area contributed by atoms with Gasteiger partial charge in [0.2, 0.25) is 0 Å². The lowest BCUT2D eigenvalue weighted by molar-refractivity contribution is -0.249. The van der Waals surface area contributed by atoms with E-state index in [-0.39, 0.29) is 24.4 Å². The van der Waals surface area contributed by atoms with Crippen LogP contribution in [-0.2, 0) is 9.47 Å². The van der Waals surface area contributed by atoms with Crippen molar-refractivity contribution >= 4 is 12.2 Å². The summed E-state index contributed by atoms with van der Waals surface area (Å²) in [5.41, 5.74) is -0.843. The molecular formula is C18H34N2O4. The Hall–Kier alpha value is -1.46. The summed E-state index contributed by atoms with van der Waals surface area (Å²) in [6.45, 7) is 18.1. The average Bonchev–Trinajstić information content (AvgIpc) is 2.52. The molecule has 6 nitrogen and oxygen atoms in total. The molecule has 140 valence electrons. The van der Waals surface area contributed by atoms with Crippen LogP contribution in [0.3, 0.4) is 0 Å². The Labute approximate surface area is 146 Å². The standard InChI is InChI=1S/C18H34N2O4/c1-9-19(10-2)15(21)23-13-17(5,6)14(18(13,7)8)24-16(22)20(11-3)12-4/h13-14H,9-12H2,1-8H3. The number of amides is 2. The maximum Gasteiger partial charge on any atom is 0.410 e. The van der Waals surface area contributed by atoms with Gasteiger partial charge in [0.05, 0.1) is 0 Å². The van der Waals surface area contributed by atoms with Crippen molar-refractivity contribution in [1.82, 2.24) is 9.80 Å². The molecule has 0 radical (unpaired) electrons. The van der Waals surface area contributed by atoms with Gasteiger partial charge in [-0.1, -0.05) is 27.7 Å². The van der Waals surface area contributed by atoms with E-state index in [1.807, 2.05) is 55.4 Å². The van der Waals surface area contributed by atoms with Gasteiger partial charge in [0.15, 0.2) is 0 Å². The first kappa shape index (κ1) is 20.6. The number of carbonyl (C=O) groups is 2. The summed E-state index contributed by atoms with van der Waals surface area (Å²) in [4.78, 5) is 27.9. The molecule has 0 unspecified atom stereocenters. The van der Waals surface area contributed by atoms with Crippen molar-refractivity contribution in [2.75, 3.05) is 26.2 Å². The maximum atomic E-state index is 12.3. The molecule has 0 atom stereocenters. The lowest BCUT2D eigenvalue weighted by atomic mass is 9.51. The number of rotatable bonds is 6. The largest absolute Gasteiger partial charge is 0.445 e. The van der Waals surface area contributed by atoms with Crippen LogP contribution in [-0.4, -0.2) is 60.4 Å². The van der Waals surface area contributed by atoms with Crippen LogP contribution in [0, 0.1) is 10.8 Å². The molecule has 1 rings (SSSR count). The van der Waals surface area contributed by atoms with E-state index >= 15 is 0 Å². The summed E-state index contributed by atoms with van der Waals surface area (Å²) in [6, 6.07) is 0. The first-order valence-corrected chi connectivity index (χ1v) is 8.98. The topological polar surface area (TPSA) is 59.1 Å². The molecule has 1 aliphatic rings. The molecule has 6 heteroatoms. The van der Waals surface area contributed by atoms with Gasteiger partial charge in [-0.15, -0.1) is 0 Å². The lowest BCUT2D eigenvalue weighted by Crippen LogP contribution is -2.70. The van der Waals surface area contributed by atoms with Crippen LogP contribution in [0.4, 0.5) is 9.59 Å². The summed E-state index contributed by atoms with van der Waals surface area (Å²) in [5, 5.41) is 0. The third kappa shape index (κ3) is 3.62. The molecular weight excluding hydrogens is 308 g/mol. The quantitative estimate of drug-likeness (QED) is 0.738. The molecule has 0 spiro atoms. The zero-order valence-electron chi connectivity index (χ0n) is 16.5. The van der Waals surface area contributed by atoms with E-state index in [9.17, 15) is 9.59 Å². The van der Waals surface area contributed by atoms with E-state index < -0.39 is 10.8 Å². The molecule has 0 aromatic carbocycles. The van der Waals surface area contributed by atoms with Crippen molar-refractivity contribution in [3.8, 4) is 0 Å². The van der Waals surface area contributed by atoms with Gasteiger partial charge in [0, 0.05) is 37.0 Å². The maximum absolute atomic E-state index is 12.3. The SMILES string of the molecule is CCN(CC)C(=O)OC1C(C)(C)C(OC(=O)N(CC)CC)C1(C)C. The number of ether oxygens (including phenoxy) is 2. The zero-order valence-corrected chi connectivity index (χ0v) is 16.5. The molecule has 1 saturated carbocycles. The van der Waals surface area contributed by atoms with E-state index in [0.717, 1.165) is 0 Å². The summed E-state index contributed by atoms with van der Waals surface area (Å²) >= 11 is 0. The van der Waals surface area contributed by atoms with Crippen LogP contribution >= 0.6 is 0 Å². The van der Waals surface area contributed by atoms with Crippen molar-refractivity contribution in [3.63, 3.8) is 0 Å². The van der Waals surface area contributed by atoms with Crippen molar-refractivity contribution in [3.05, 3.63) is 0 Å². The minimum atomic E-state index is -0.422. The Kier molecular flexibility index (Phi) is 6.53. The van der Waals surface area contributed by atoms with Crippen LogP contribution in [0.25, 0.3) is 0 Å². The van der Waals surface area contributed by atoms with E-state index in [0.29, 0.717) is 26.2 Å². The third-order valence-corrected chi connectivity index (χ3v) is 5.18. The fourth-order valence-corrected chi connectivity index (χ4v) is 4.02. The third-order valence-electron chi connectivity index (χ3n) is 5.18. The summed E-state index contributed by atoms with van der Waals surface area (Å²) < 4.78 is 11.5. The van der Waals surface area contributed by atoms with Crippen molar-refractivity contribution < 1.29 is 19.1 Å². The van der Waals surface area contributed by atoms with Crippen molar-refractivity contribution in [1.29, 1.82) is 0 Å². The molecule has 1 fully saturated rings. The highest BCUT2D eigenvalue weighted by atomic mass is 16.6. The highest BCUT2D eigenvalue weighted by Gasteiger charge is 2.66. The molecule has 2 amide bonds. The molecule has 0 aromatic heterocycles. The number of nitrogens with zero attached hydrogens (tertiary/aromatic N) is 2. The summed E-state index contributed by atoms with van der Waals surface area (Å²) in [6.07, 6.45) is -1.21. The van der Waals surface area contributed by atoms with Gasteiger partial charge in [0.25, 0.3) is 0 Å². The van der Waals surface area contributed by atoms with Gasteiger partial charge in [-0.3, -0.25) is 0 Å². The van der Waals surface area contributed by atoms with E-state index in [4.69, 9.17) is 9.47 Å². The molecule has 1 aliphatic carbocycles. The number of carbonyl (C=O) groups excluding carboxylic acids is 2. The molecule has 0 bridgehead atoms. The fourth-order valence-electron chi connectivity index (χ4n) is 4.02. The molecule has 24 heavy (non-hydrogen) atoms. The average molecular weight is 342 g/mol. The van der Waals surface area contributed by atoms with Gasteiger partial charge < -0.3 is 19.3 Å². The van der Waals surface area contributed by atoms with Gasteiger partial charge >= 0.3 is 12.2 Å². The normalized spacial score (nSPS) is 23.8. The fraction of sp³-hybridized carbons (Fsp3) is 0.889. The van der Waals surface area contributed by atoms with Crippen LogP contribution < -0.4 is 0 Å². The first-order chi connectivity index (χ1) is 11.1. The minimum Gasteiger partial charge on any atom is -0.445 e. The van der Waals surface area contributed by atoms with Crippen LogP contribution in [0.15, 0.2) is 0 Å². The minimum absolute atomic E-state index is 0.299. The Morgan fingerprint density at radius 3 is 1.17 bits per heavy atom. The van der Waals surface area contributed by atoms with Crippen molar-refractivity contribution in [2.45, 2.75) is 67.6 Å². The smallest absolute Gasteiger partial charge is 0.410 e. The van der Waals surface area contributed by atoms with E-state index in [1.54, 1.807) is 9.80 Å². The Bertz CT molecular complexity index is 400. The van der Waals surface area contributed by atoms with Crippen LogP contribution in [0.5, 0.6) is 0 Å². The van der Waals surface area contributed by atoms with E-state index in [2.05, 4.69) is 0 Å². The second-order valence-electron chi connectivity index (χ2n) is 7.51. The number of hydrogen-bond donors (Lipinski definition) is 0. The van der Waals surface area contributed by atoms with Crippen LogP contribution in [0.1, 0.15) is 55.4 Å².